The number of aliphatic hydroxyl groups excluding tert-OH is 1. The molecule has 4 atom stereocenters. The maximum atomic E-state index is 15.0. The first-order chi connectivity index (χ1) is 22.6. The summed E-state index contributed by atoms with van der Waals surface area (Å²) >= 11 is 2.30. The summed E-state index contributed by atoms with van der Waals surface area (Å²) in [5.41, 5.74) is 2.09. The maximum absolute atomic E-state index is 15.0. The highest BCUT2D eigenvalue weighted by Crippen LogP contribution is 2.61. The maximum Gasteiger partial charge on any atom is 0.268 e. The third-order valence-electron chi connectivity index (χ3n) is 10.0. The lowest BCUT2D eigenvalue weighted by Gasteiger charge is -2.37. The number of aliphatic hydroxyl groups is 1. The fourth-order valence-electron chi connectivity index (χ4n) is 7.76. The molecule has 0 bridgehead atoms. The highest BCUT2D eigenvalue weighted by Gasteiger charge is 2.66. The molecule has 1 fully saturated rings. The van der Waals surface area contributed by atoms with E-state index >= 15 is 0 Å². The third kappa shape index (κ3) is 6.03. The van der Waals surface area contributed by atoms with Crippen LogP contribution in [0.15, 0.2) is 103 Å². The number of amides is 2. The van der Waals surface area contributed by atoms with Gasteiger partial charge in [0.05, 0.1) is 40.0 Å². The van der Waals surface area contributed by atoms with Gasteiger partial charge in [-0.25, -0.2) is 0 Å². The van der Waals surface area contributed by atoms with E-state index in [4.69, 9.17) is 9.47 Å². The van der Waals surface area contributed by atoms with Crippen LogP contribution in [0, 0.1) is 9.49 Å². The van der Waals surface area contributed by atoms with Gasteiger partial charge in [0.15, 0.2) is 5.60 Å². The zero-order chi connectivity index (χ0) is 33.3. The Labute approximate surface area is 291 Å². The zero-order valence-electron chi connectivity index (χ0n) is 27.2. The van der Waals surface area contributed by atoms with Gasteiger partial charge < -0.3 is 19.5 Å². The van der Waals surface area contributed by atoms with Crippen LogP contribution in [0.25, 0.3) is 0 Å². The van der Waals surface area contributed by atoms with Gasteiger partial charge >= 0.3 is 0 Å². The van der Waals surface area contributed by atoms with E-state index in [1.165, 1.54) is 5.19 Å². The number of hydrogen-bond acceptors (Lipinski definition) is 5. The smallest absolute Gasteiger partial charge is 0.268 e. The lowest BCUT2D eigenvalue weighted by molar-refractivity contribution is -0.149. The topological polar surface area (TPSA) is 79.3 Å². The first kappa shape index (κ1) is 33.4. The van der Waals surface area contributed by atoms with Crippen LogP contribution in [0.5, 0.6) is 5.75 Å². The molecule has 1 N–H and O–H groups in total. The molecule has 1 saturated heterocycles. The van der Waals surface area contributed by atoms with Crippen molar-refractivity contribution in [3.63, 3.8) is 0 Å². The van der Waals surface area contributed by atoms with Gasteiger partial charge in [-0.1, -0.05) is 85.9 Å². The molecule has 4 aromatic rings. The van der Waals surface area contributed by atoms with Crippen molar-refractivity contribution in [1.82, 2.24) is 4.90 Å². The fourth-order valence-corrected chi connectivity index (χ4v) is 12.3. The van der Waals surface area contributed by atoms with Crippen LogP contribution in [0.3, 0.4) is 0 Å². The van der Waals surface area contributed by atoms with Crippen LogP contribution < -0.4 is 14.8 Å². The normalized spacial score (nSPS) is 22.0. The Morgan fingerprint density at radius 3 is 2.30 bits per heavy atom. The van der Waals surface area contributed by atoms with Gasteiger partial charge in [-0.3, -0.25) is 14.5 Å². The molecule has 4 aromatic carbocycles. The van der Waals surface area contributed by atoms with Gasteiger partial charge in [0.2, 0.25) is 5.91 Å². The quantitative estimate of drug-likeness (QED) is 0.146. The summed E-state index contributed by atoms with van der Waals surface area (Å²) in [6.45, 7) is 7.23. The summed E-state index contributed by atoms with van der Waals surface area (Å²) < 4.78 is 13.7. The average molecular weight is 761 g/mol. The van der Waals surface area contributed by atoms with Crippen molar-refractivity contribution in [2.45, 2.75) is 50.2 Å². The lowest BCUT2D eigenvalue weighted by Crippen LogP contribution is -2.52. The second-order valence-electron chi connectivity index (χ2n) is 13.0. The summed E-state index contributed by atoms with van der Waals surface area (Å²) in [6.07, 6.45) is -0.419. The van der Waals surface area contributed by atoms with Crippen LogP contribution in [0.4, 0.5) is 11.4 Å². The molecule has 0 aliphatic carbocycles. The number of fused-ring (bicyclic) bond motifs is 2. The zero-order valence-corrected chi connectivity index (χ0v) is 30.4. The van der Waals surface area contributed by atoms with Crippen molar-refractivity contribution in [1.29, 1.82) is 0 Å². The summed E-state index contributed by atoms with van der Waals surface area (Å²) in [5, 5.41) is 11.1. The second kappa shape index (κ2) is 13.5. The van der Waals surface area contributed by atoms with Crippen LogP contribution in [-0.4, -0.2) is 56.3 Å². The Morgan fingerprint density at radius 2 is 1.66 bits per heavy atom. The molecular formula is C38H41IN2O5Si. The fraction of sp³-hybridized carbons (Fsp3) is 0.316. The number of carbonyl (C=O) groups is 2. The van der Waals surface area contributed by atoms with E-state index in [1.807, 2.05) is 84.9 Å². The molecule has 0 unspecified atom stereocenters. The molecule has 0 aromatic heterocycles. The molecule has 2 heterocycles. The number of carbonyl (C=O) groups excluding carboxylic acids is 2. The molecule has 0 radical (unpaired) electrons. The molecule has 6 rings (SSSR count). The number of ether oxygens (including phenoxy) is 2. The molecule has 2 aliphatic heterocycles. The predicted octanol–water partition coefficient (Wildman–Crippen LogP) is 6.61. The standard InChI is InChI=1S/C38H41IN2O5Si/c1-26-36(47(3,4)31-18-16-30(45-2)17-19-31)34(24-35(43)40(21-22-42)25-27-11-7-5-8-12-27)46-38(26)32-23-28(39)15-20-33(32)41(37(38)44)29-13-9-6-10-14-29/h5-20,23,26,34,36,42H,21-22,24-25H2,1-4H3/t26-,34+,36-,38+/m0/s1. The van der Waals surface area contributed by atoms with Gasteiger partial charge in [-0.2, -0.15) is 0 Å². The van der Waals surface area contributed by atoms with Gasteiger partial charge in [-0.15, -0.1) is 0 Å². The van der Waals surface area contributed by atoms with Crippen LogP contribution in [0.2, 0.25) is 18.6 Å². The van der Waals surface area contributed by atoms with E-state index < -0.39 is 19.8 Å². The van der Waals surface area contributed by atoms with Crippen molar-refractivity contribution in [3.05, 3.63) is 118 Å². The monoisotopic (exact) mass is 760 g/mol. The van der Waals surface area contributed by atoms with Crippen molar-refractivity contribution in [2.24, 2.45) is 5.92 Å². The number of rotatable bonds is 10. The molecule has 0 saturated carbocycles. The minimum atomic E-state index is -2.44. The number of halogens is 1. The summed E-state index contributed by atoms with van der Waals surface area (Å²) in [6, 6.07) is 33.8. The van der Waals surface area contributed by atoms with E-state index in [0.29, 0.717) is 6.54 Å². The van der Waals surface area contributed by atoms with Crippen LogP contribution in [0.1, 0.15) is 24.5 Å². The van der Waals surface area contributed by atoms with Gasteiger partial charge in [0, 0.05) is 33.8 Å². The van der Waals surface area contributed by atoms with E-state index in [9.17, 15) is 14.7 Å². The molecule has 47 heavy (non-hydrogen) atoms. The first-order valence-corrected chi connectivity index (χ1v) is 20.2. The van der Waals surface area contributed by atoms with Crippen molar-refractivity contribution >= 4 is 59.0 Å². The van der Waals surface area contributed by atoms with Gasteiger partial charge in [0.25, 0.3) is 5.91 Å². The molecule has 1 spiro atoms. The predicted molar refractivity (Wildman–Crippen MR) is 196 cm³/mol. The molecule has 244 valence electrons. The largest absolute Gasteiger partial charge is 0.497 e. The highest BCUT2D eigenvalue weighted by molar-refractivity contribution is 14.1. The number of benzene rings is 4. The number of para-hydroxylation sites is 1. The van der Waals surface area contributed by atoms with E-state index in [2.05, 4.69) is 60.8 Å². The summed E-state index contributed by atoms with van der Waals surface area (Å²) in [4.78, 5) is 32.7. The molecule has 2 aliphatic rings. The highest BCUT2D eigenvalue weighted by atomic mass is 127. The minimum Gasteiger partial charge on any atom is -0.497 e. The number of anilines is 2. The third-order valence-corrected chi connectivity index (χ3v) is 15.1. The molecule has 7 nitrogen and oxygen atoms in total. The minimum absolute atomic E-state index is 0.0852. The van der Waals surface area contributed by atoms with E-state index in [-0.39, 0.29) is 42.8 Å². The summed E-state index contributed by atoms with van der Waals surface area (Å²) in [5.74, 6) is 0.327. The Kier molecular flexibility index (Phi) is 9.62. The van der Waals surface area contributed by atoms with Gasteiger partial charge in [0.1, 0.15) is 5.75 Å². The molecular weight excluding hydrogens is 719 g/mol. The molecule has 2 amide bonds. The van der Waals surface area contributed by atoms with Crippen LogP contribution >= 0.6 is 22.6 Å². The second-order valence-corrected chi connectivity index (χ2v) is 19.0. The van der Waals surface area contributed by atoms with Crippen LogP contribution in [-0.2, 0) is 26.5 Å². The number of nitrogens with zero attached hydrogens (tertiary/aromatic N) is 2. The van der Waals surface area contributed by atoms with Crippen molar-refractivity contribution in [2.75, 3.05) is 25.2 Å². The Hall–Kier alpha value is -3.51. The van der Waals surface area contributed by atoms with Crippen molar-refractivity contribution in [3.8, 4) is 5.75 Å². The Bertz CT molecular complexity index is 1740. The summed E-state index contributed by atoms with van der Waals surface area (Å²) in [7, 11) is -0.776. The number of hydrogen-bond donors (Lipinski definition) is 1. The Balaban J connectivity index is 1.45. The SMILES string of the molecule is COc1ccc([Si](C)(C)[C@@H]2[C@@H](CC(=O)N(CCO)Cc3ccccc3)O[C@]3(C(=O)N(c4ccccc4)c4ccc(I)cc43)[C@H]2C)cc1. The van der Waals surface area contributed by atoms with E-state index in [1.54, 1.807) is 16.9 Å². The van der Waals surface area contributed by atoms with E-state index in [0.717, 1.165) is 31.8 Å². The van der Waals surface area contributed by atoms with Gasteiger partial charge in [-0.05, 0) is 76.2 Å². The molecule has 9 heteroatoms. The number of methoxy groups -OCH3 is 1. The first-order valence-electron chi connectivity index (χ1n) is 16.1. The van der Waals surface area contributed by atoms with Crippen molar-refractivity contribution < 1.29 is 24.2 Å². The lowest BCUT2D eigenvalue weighted by atomic mass is 9.82. The average Bonchev–Trinajstić information content (AvgIpc) is 3.51. The Morgan fingerprint density at radius 1 is 1.00 bits per heavy atom.